The average molecular weight is 262 g/mol. The summed E-state index contributed by atoms with van der Waals surface area (Å²) in [5.41, 5.74) is 2.10. The second-order valence-electron chi connectivity index (χ2n) is 6.72. The maximum Gasteiger partial charge on any atom is 0.255 e. The number of aromatic nitrogens is 1. The summed E-state index contributed by atoms with van der Waals surface area (Å²) in [5, 5.41) is 3.51. The summed E-state index contributed by atoms with van der Waals surface area (Å²) in [4.78, 5) is 12.4. The van der Waals surface area contributed by atoms with Crippen molar-refractivity contribution in [2.45, 2.75) is 64.5 Å². The van der Waals surface area contributed by atoms with Crippen molar-refractivity contribution in [3.63, 3.8) is 0 Å². The summed E-state index contributed by atoms with van der Waals surface area (Å²) in [6.45, 7) is 7.11. The molecule has 2 rings (SSSR count). The van der Waals surface area contributed by atoms with E-state index in [-0.39, 0.29) is 11.0 Å². The molecule has 3 heteroatoms. The normalized spacial score (nSPS) is 17.1. The van der Waals surface area contributed by atoms with Gasteiger partial charge in [0.05, 0.1) is 0 Å². The molecule has 0 saturated heterocycles. The molecule has 1 aliphatic rings. The van der Waals surface area contributed by atoms with Crippen molar-refractivity contribution in [2.75, 3.05) is 0 Å². The van der Waals surface area contributed by atoms with Gasteiger partial charge in [-0.2, -0.15) is 0 Å². The number of nitrogens with zero attached hydrogens (tertiary/aromatic N) is 1. The van der Waals surface area contributed by atoms with Crippen LogP contribution in [-0.2, 0) is 19.0 Å². The van der Waals surface area contributed by atoms with E-state index in [1.165, 1.54) is 25.7 Å². The van der Waals surface area contributed by atoms with Crippen molar-refractivity contribution in [3.05, 3.63) is 33.7 Å². The largest absolute Gasteiger partial charge is 0.315 e. The zero-order valence-electron chi connectivity index (χ0n) is 12.6. The topological polar surface area (TPSA) is 34.0 Å². The van der Waals surface area contributed by atoms with Gasteiger partial charge >= 0.3 is 0 Å². The van der Waals surface area contributed by atoms with Crippen LogP contribution in [0.3, 0.4) is 0 Å². The molecule has 0 aromatic carbocycles. The molecule has 0 radical (unpaired) electrons. The third-order valence-electron chi connectivity index (χ3n) is 4.09. The highest BCUT2D eigenvalue weighted by Crippen LogP contribution is 2.21. The Kier molecular flexibility index (Phi) is 4.14. The molecule has 1 saturated carbocycles. The lowest BCUT2D eigenvalue weighted by atomic mass is 9.91. The Labute approximate surface area is 116 Å². The summed E-state index contributed by atoms with van der Waals surface area (Å²) < 4.78 is 1.80. The van der Waals surface area contributed by atoms with Gasteiger partial charge < -0.3 is 9.88 Å². The molecule has 0 atom stereocenters. The van der Waals surface area contributed by atoms with E-state index in [2.05, 4.69) is 32.2 Å². The quantitative estimate of drug-likeness (QED) is 0.909. The van der Waals surface area contributed by atoms with Crippen LogP contribution in [0.5, 0.6) is 0 Å². The zero-order chi connectivity index (χ0) is 14.0. The van der Waals surface area contributed by atoms with E-state index in [0.29, 0.717) is 12.6 Å². The van der Waals surface area contributed by atoms with Gasteiger partial charge in [0.25, 0.3) is 5.56 Å². The Balaban J connectivity index is 2.14. The molecule has 1 aliphatic carbocycles. The molecule has 1 N–H and O–H groups in total. The van der Waals surface area contributed by atoms with Crippen LogP contribution in [0.1, 0.15) is 57.7 Å². The number of hydrogen-bond acceptors (Lipinski definition) is 2. The standard InChI is InChI=1S/C16H26N2O/c1-16(2,3)14-10-9-12(15(19)18(14)4)11-17-13-7-5-6-8-13/h9-10,13,17H,5-8,11H2,1-4H3. The van der Waals surface area contributed by atoms with Crippen LogP contribution >= 0.6 is 0 Å². The van der Waals surface area contributed by atoms with Gasteiger partial charge in [-0.1, -0.05) is 39.7 Å². The first-order valence-corrected chi connectivity index (χ1v) is 7.32. The zero-order valence-corrected chi connectivity index (χ0v) is 12.6. The molecule has 19 heavy (non-hydrogen) atoms. The number of rotatable bonds is 3. The predicted octanol–water partition coefficient (Wildman–Crippen LogP) is 2.72. The van der Waals surface area contributed by atoms with Crippen LogP contribution in [0.4, 0.5) is 0 Å². The van der Waals surface area contributed by atoms with Crippen molar-refractivity contribution in [1.82, 2.24) is 9.88 Å². The Morgan fingerprint density at radius 3 is 2.47 bits per heavy atom. The molecule has 0 spiro atoms. The number of hydrogen-bond donors (Lipinski definition) is 1. The maximum absolute atomic E-state index is 12.4. The van der Waals surface area contributed by atoms with Gasteiger partial charge in [-0.3, -0.25) is 4.79 Å². The third-order valence-corrected chi connectivity index (χ3v) is 4.09. The van der Waals surface area contributed by atoms with Gasteiger partial charge in [0, 0.05) is 36.3 Å². The fourth-order valence-corrected chi connectivity index (χ4v) is 2.96. The second-order valence-corrected chi connectivity index (χ2v) is 6.72. The van der Waals surface area contributed by atoms with E-state index >= 15 is 0 Å². The number of nitrogens with one attached hydrogen (secondary N) is 1. The fourth-order valence-electron chi connectivity index (χ4n) is 2.96. The van der Waals surface area contributed by atoms with E-state index in [0.717, 1.165) is 11.3 Å². The van der Waals surface area contributed by atoms with Crippen LogP contribution in [0.25, 0.3) is 0 Å². The summed E-state index contributed by atoms with van der Waals surface area (Å²) in [7, 11) is 1.88. The Morgan fingerprint density at radius 1 is 1.26 bits per heavy atom. The molecule has 1 aromatic heterocycles. The lowest BCUT2D eigenvalue weighted by Crippen LogP contribution is -2.33. The van der Waals surface area contributed by atoms with Gasteiger partial charge in [0.15, 0.2) is 0 Å². The van der Waals surface area contributed by atoms with Gasteiger partial charge in [-0.05, 0) is 18.9 Å². The lowest BCUT2D eigenvalue weighted by Gasteiger charge is -2.23. The average Bonchev–Trinajstić information content (AvgIpc) is 2.82. The molecule has 1 fully saturated rings. The second kappa shape index (κ2) is 5.49. The highest BCUT2D eigenvalue weighted by atomic mass is 16.1. The van der Waals surface area contributed by atoms with Gasteiger partial charge in [0.1, 0.15) is 0 Å². The molecule has 3 nitrogen and oxygen atoms in total. The fraction of sp³-hybridized carbons (Fsp3) is 0.688. The van der Waals surface area contributed by atoms with Gasteiger partial charge in [0.2, 0.25) is 0 Å². The first-order chi connectivity index (χ1) is 8.89. The monoisotopic (exact) mass is 262 g/mol. The minimum absolute atomic E-state index is 0.00528. The van der Waals surface area contributed by atoms with Crippen molar-refractivity contribution < 1.29 is 0 Å². The molecular weight excluding hydrogens is 236 g/mol. The van der Waals surface area contributed by atoms with Crippen molar-refractivity contribution in [1.29, 1.82) is 0 Å². The summed E-state index contributed by atoms with van der Waals surface area (Å²) >= 11 is 0. The smallest absolute Gasteiger partial charge is 0.255 e. The van der Waals surface area contributed by atoms with Crippen LogP contribution in [0.2, 0.25) is 0 Å². The highest BCUT2D eigenvalue weighted by Gasteiger charge is 2.19. The van der Waals surface area contributed by atoms with Crippen LogP contribution in [0.15, 0.2) is 16.9 Å². The molecule has 0 unspecified atom stereocenters. The SMILES string of the molecule is Cn1c(C(C)(C)C)ccc(CNC2CCCC2)c1=O. The van der Waals surface area contributed by atoms with Crippen LogP contribution in [-0.4, -0.2) is 10.6 Å². The Morgan fingerprint density at radius 2 is 1.89 bits per heavy atom. The molecule has 106 valence electrons. The molecule has 1 heterocycles. The van der Waals surface area contributed by atoms with Crippen molar-refractivity contribution in [3.8, 4) is 0 Å². The number of pyridine rings is 1. The molecule has 0 aliphatic heterocycles. The van der Waals surface area contributed by atoms with E-state index in [1.54, 1.807) is 4.57 Å². The predicted molar refractivity (Wildman–Crippen MR) is 79.5 cm³/mol. The minimum Gasteiger partial charge on any atom is -0.315 e. The molecule has 0 amide bonds. The molecule has 0 bridgehead atoms. The first kappa shape index (κ1) is 14.3. The Hall–Kier alpha value is -1.09. The Bertz CT molecular complexity index is 490. The van der Waals surface area contributed by atoms with Crippen LogP contribution < -0.4 is 10.9 Å². The van der Waals surface area contributed by atoms with E-state index in [9.17, 15) is 4.79 Å². The molecular formula is C16H26N2O. The van der Waals surface area contributed by atoms with Gasteiger partial charge in [-0.15, -0.1) is 0 Å². The first-order valence-electron chi connectivity index (χ1n) is 7.32. The maximum atomic E-state index is 12.4. The minimum atomic E-state index is 0.00528. The summed E-state index contributed by atoms with van der Waals surface area (Å²) in [5.74, 6) is 0. The van der Waals surface area contributed by atoms with Gasteiger partial charge in [-0.25, -0.2) is 0 Å². The van der Waals surface area contributed by atoms with E-state index < -0.39 is 0 Å². The van der Waals surface area contributed by atoms with E-state index in [1.807, 2.05) is 13.1 Å². The summed E-state index contributed by atoms with van der Waals surface area (Å²) in [6.07, 6.45) is 5.14. The summed E-state index contributed by atoms with van der Waals surface area (Å²) in [6, 6.07) is 4.68. The lowest BCUT2D eigenvalue weighted by molar-refractivity contribution is 0.509. The van der Waals surface area contributed by atoms with Crippen molar-refractivity contribution >= 4 is 0 Å². The molecule has 1 aromatic rings. The van der Waals surface area contributed by atoms with Crippen LogP contribution in [0, 0.1) is 0 Å². The van der Waals surface area contributed by atoms with E-state index in [4.69, 9.17) is 0 Å². The third kappa shape index (κ3) is 3.27. The van der Waals surface area contributed by atoms with Crippen molar-refractivity contribution in [2.24, 2.45) is 7.05 Å². The highest BCUT2D eigenvalue weighted by molar-refractivity contribution is 5.21.